The fraction of sp³-hybridized carbons (Fsp3) is 0.444. The molecule has 1 aromatic heterocycles. The second-order valence-electron chi connectivity index (χ2n) is 6.10. The molecule has 0 radical (unpaired) electrons. The van der Waals surface area contributed by atoms with Gasteiger partial charge in [-0.1, -0.05) is 18.2 Å². The Balaban J connectivity index is 1.58. The second kappa shape index (κ2) is 7.32. The fourth-order valence-electron chi connectivity index (χ4n) is 3.28. The van der Waals surface area contributed by atoms with Crippen LogP contribution in [0.3, 0.4) is 0 Å². The van der Waals surface area contributed by atoms with E-state index < -0.39 is 12.0 Å². The van der Waals surface area contributed by atoms with Crippen molar-refractivity contribution in [2.24, 2.45) is 0 Å². The van der Waals surface area contributed by atoms with Crippen LogP contribution in [0.4, 0.5) is 0 Å². The van der Waals surface area contributed by atoms with E-state index in [1.807, 2.05) is 12.1 Å². The normalized spacial score (nSPS) is 20.6. The van der Waals surface area contributed by atoms with Gasteiger partial charge in [-0.3, -0.25) is 4.79 Å². The SMILES string of the molecule is COC1CC(C(=O)O)N(C(=O)CCCc2csc3ccccc23)C1. The lowest BCUT2D eigenvalue weighted by Crippen LogP contribution is -2.40. The Kier molecular flexibility index (Phi) is 5.16. The number of fused-ring (bicyclic) bond motifs is 1. The predicted molar refractivity (Wildman–Crippen MR) is 93.3 cm³/mol. The highest BCUT2D eigenvalue weighted by Gasteiger charge is 2.39. The Morgan fingerprint density at radius 3 is 2.92 bits per heavy atom. The smallest absolute Gasteiger partial charge is 0.326 e. The summed E-state index contributed by atoms with van der Waals surface area (Å²) in [7, 11) is 1.55. The number of carbonyl (C=O) groups excluding carboxylic acids is 1. The number of aliphatic carboxylic acids is 1. The standard InChI is InChI=1S/C18H21NO4S/c1-23-13-9-15(18(21)22)19(10-13)17(20)8-4-5-12-11-24-16-7-3-2-6-14(12)16/h2-3,6-7,11,13,15H,4-5,8-10H2,1H3,(H,21,22). The Morgan fingerprint density at radius 1 is 1.38 bits per heavy atom. The highest BCUT2D eigenvalue weighted by atomic mass is 32.1. The van der Waals surface area contributed by atoms with Crippen molar-refractivity contribution in [1.29, 1.82) is 0 Å². The summed E-state index contributed by atoms with van der Waals surface area (Å²) in [5.74, 6) is -1.05. The maximum atomic E-state index is 12.4. The van der Waals surface area contributed by atoms with E-state index >= 15 is 0 Å². The van der Waals surface area contributed by atoms with Crippen molar-refractivity contribution in [3.8, 4) is 0 Å². The molecule has 1 aliphatic heterocycles. The highest BCUT2D eigenvalue weighted by molar-refractivity contribution is 7.17. The van der Waals surface area contributed by atoms with Crippen molar-refractivity contribution in [1.82, 2.24) is 4.90 Å². The Labute approximate surface area is 144 Å². The highest BCUT2D eigenvalue weighted by Crippen LogP contribution is 2.27. The van der Waals surface area contributed by atoms with Gasteiger partial charge in [-0.25, -0.2) is 4.79 Å². The van der Waals surface area contributed by atoms with Gasteiger partial charge in [-0.2, -0.15) is 0 Å². The molecule has 2 heterocycles. The number of hydrogen-bond donors (Lipinski definition) is 1. The molecular formula is C18H21NO4S. The van der Waals surface area contributed by atoms with Crippen LogP contribution < -0.4 is 0 Å². The average Bonchev–Trinajstić information content (AvgIpc) is 3.19. The van der Waals surface area contributed by atoms with E-state index in [1.54, 1.807) is 18.4 Å². The number of benzene rings is 1. The van der Waals surface area contributed by atoms with Crippen molar-refractivity contribution in [2.75, 3.05) is 13.7 Å². The first-order chi connectivity index (χ1) is 11.6. The largest absolute Gasteiger partial charge is 0.480 e. The van der Waals surface area contributed by atoms with Crippen LogP contribution in [-0.2, 0) is 20.7 Å². The third kappa shape index (κ3) is 3.44. The zero-order valence-electron chi connectivity index (χ0n) is 13.6. The van der Waals surface area contributed by atoms with E-state index in [-0.39, 0.29) is 12.0 Å². The maximum Gasteiger partial charge on any atom is 0.326 e. The van der Waals surface area contributed by atoms with E-state index in [0.29, 0.717) is 19.4 Å². The Hall–Kier alpha value is -1.92. The van der Waals surface area contributed by atoms with Crippen molar-refractivity contribution in [2.45, 2.75) is 37.8 Å². The first kappa shape index (κ1) is 16.9. The number of carbonyl (C=O) groups is 2. The predicted octanol–water partition coefficient (Wildman–Crippen LogP) is 2.92. The van der Waals surface area contributed by atoms with Gasteiger partial charge >= 0.3 is 5.97 Å². The molecule has 6 heteroatoms. The number of carboxylic acid groups (broad SMARTS) is 1. The molecule has 1 saturated heterocycles. The lowest BCUT2D eigenvalue weighted by Gasteiger charge is -2.21. The van der Waals surface area contributed by atoms with Gasteiger partial charge in [0.05, 0.1) is 6.10 Å². The van der Waals surface area contributed by atoms with Crippen LogP contribution in [0.5, 0.6) is 0 Å². The number of aryl methyl sites for hydroxylation is 1. The minimum absolute atomic E-state index is 0.0958. The summed E-state index contributed by atoms with van der Waals surface area (Å²) in [5, 5.41) is 12.7. The van der Waals surface area contributed by atoms with Gasteiger partial charge < -0.3 is 14.7 Å². The first-order valence-corrected chi connectivity index (χ1v) is 8.98. The van der Waals surface area contributed by atoms with Gasteiger partial charge in [0.2, 0.25) is 5.91 Å². The molecular weight excluding hydrogens is 326 g/mol. The minimum atomic E-state index is -0.952. The van der Waals surface area contributed by atoms with E-state index in [4.69, 9.17) is 4.74 Å². The molecule has 0 bridgehead atoms. The molecule has 2 aromatic rings. The number of amides is 1. The molecule has 128 valence electrons. The van der Waals surface area contributed by atoms with Crippen molar-refractivity contribution in [3.05, 3.63) is 35.2 Å². The Morgan fingerprint density at radius 2 is 2.17 bits per heavy atom. The molecule has 1 amide bonds. The van der Waals surface area contributed by atoms with Crippen molar-refractivity contribution < 1.29 is 19.4 Å². The van der Waals surface area contributed by atoms with Crippen LogP contribution in [0.25, 0.3) is 10.1 Å². The number of methoxy groups -OCH3 is 1. The van der Waals surface area contributed by atoms with Crippen LogP contribution in [0.2, 0.25) is 0 Å². The maximum absolute atomic E-state index is 12.4. The quantitative estimate of drug-likeness (QED) is 0.872. The second-order valence-corrected chi connectivity index (χ2v) is 7.02. The molecule has 3 rings (SSSR count). The number of ether oxygens (including phenoxy) is 1. The molecule has 1 N–H and O–H groups in total. The minimum Gasteiger partial charge on any atom is -0.480 e. The third-order valence-electron chi connectivity index (χ3n) is 4.60. The summed E-state index contributed by atoms with van der Waals surface area (Å²) in [6.45, 7) is 0.369. The van der Waals surface area contributed by atoms with Crippen molar-refractivity contribution in [3.63, 3.8) is 0 Å². The molecule has 1 fully saturated rings. The monoisotopic (exact) mass is 347 g/mol. The van der Waals surface area contributed by atoms with E-state index in [2.05, 4.69) is 17.5 Å². The molecule has 5 nitrogen and oxygen atoms in total. The molecule has 1 aromatic carbocycles. The van der Waals surface area contributed by atoms with Crippen LogP contribution >= 0.6 is 11.3 Å². The van der Waals surface area contributed by atoms with E-state index in [0.717, 1.165) is 12.8 Å². The molecule has 0 spiro atoms. The van der Waals surface area contributed by atoms with Gasteiger partial charge in [0.1, 0.15) is 6.04 Å². The van der Waals surface area contributed by atoms with Gasteiger partial charge in [0, 0.05) is 31.2 Å². The van der Waals surface area contributed by atoms with Crippen LogP contribution in [0.1, 0.15) is 24.8 Å². The zero-order valence-corrected chi connectivity index (χ0v) is 14.4. The van der Waals surface area contributed by atoms with Gasteiger partial charge in [-0.15, -0.1) is 11.3 Å². The molecule has 2 unspecified atom stereocenters. The number of thiophene rings is 1. The summed E-state index contributed by atoms with van der Waals surface area (Å²) in [6.07, 6.45) is 2.10. The van der Waals surface area contributed by atoms with Gasteiger partial charge in [0.25, 0.3) is 0 Å². The fourth-order valence-corrected chi connectivity index (χ4v) is 4.28. The number of nitrogens with zero attached hydrogens (tertiary/aromatic N) is 1. The summed E-state index contributed by atoms with van der Waals surface area (Å²) in [5.41, 5.74) is 1.26. The van der Waals surface area contributed by atoms with Crippen LogP contribution in [-0.4, -0.2) is 47.7 Å². The topological polar surface area (TPSA) is 66.8 Å². The molecule has 1 aliphatic rings. The zero-order chi connectivity index (χ0) is 17.1. The number of rotatable bonds is 6. The summed E-state index contributed by atoms with van der Waals surface area (Å²) in [6, 6.07) is 7.49. The third-order valence-corrected chi connectivity index (χ3v) is 5.61. The molecule has 0 saturated carbocycles. The van der Waals surface area contributed by atoms with Crippen LogP contribution in [0, 0.1) is 0 Å². The lowest BCUT2D eigenvalue weighted by molar-refractivity contribution is -0.148. The average molecular weight is 347 g/mol. The summed E-state index contributed by atoms with van der Waals surface area (Å²) in [4.78, 5) is 25.2. The lowest BCUT2D eigenvalue weighted by atomic mass is 10.1. The van der Waals surface area contributed by atoms with Crippen molar-refractivity contribution >= 4 is 33.3 Å². The summed E-state index contributed by atoms with van der Waals surface area (Å²) >= 11 is 1.72. The first-order valence-electron chi connectivity index (χ1n) is 8.10. The number of hydrogen-bond acceptors (Lipinski definition) is 4. The summed E-state index contributed by atoms with van der Waals surface area (Å²) < 4.78 is 6.48. The van der Waals surface area contributed by atoms with E-state index in [1.165, 1.54) is 20.5 Å². The van der Waals surface area contributed by atoms with Crippen LogP contribution in [0.15, 0.2) is 29.6 Å². The van der Waals surface area contributed by atoms with Gasteiger partial charge in [0.15, 0.2) is 0 Å². The number of carboxylic acids is 1. The molecule has 24 heavy (non-hydrogen) atoms. The van der Waals surface area contributed by atoms with E-state index in [9.17, 15) is 14.7 Å². The molecule has 2 atom stereocenters. The Bertz CT molecular complexity index is 741. The number of likely N-dealkylation sites (tertiary alicyclic amines) is 1. The van der Waals surface area contributed by atoms with Gasteiger partial charge in [-0.05, 0) is 35.2 Å². The molecule has 0 aliphatic carbocycles.